The topological polar surface area (TPSA) is 29.5 Å². The smallest absolute Gasteiger partial charge is 0.137 e. The van der Waals surface area contributed by atoms with Gasteiger partial charge in [-0.3, -0.25) is 0 Å². The third-order valence-corrected chi connectivity index (χ3v) is 5.00. The van der Waals surface area contributed by atoms with Gasteiger partial charge in [0, 0.05) is 44.0 Å². The van der Waals surface area contributed by atoms with Crippen molar-refractivity contribution in [1.82, 2.24) is 0 Å². The molecule has 0 unspecified atom stereocenters. The molecule has 125 valence electrons. The van der Waals surface area contributed by atoms with Crippen LogP contribution < -0.4 is 4.74 Å². The molecule has 1 fully saturated rings. The Bertz CT molecular complexity index is 496. The number of allylic oxidation sites excluding steroid dienone is 2. The van der Waals surface area contributed by atoms with E-state index in [-0.39, 0.29) is 49.9 Å². The summed E-state index contributed by atoms with van der Waals surface area (Å²) in [6.45, 7) is 4.25. The summed E-state index contributed by atoms with van der Waals surface area (Å²) >= 11 is 12.5. The Morgan fingerprint density at radius 2 is 2.00 bits per heavy atom. The summed E-state index contributed by atoms with van der Waals surface area (Å²) < 4.78 is 5.81. The quantitative estimate of drug-likeness (QED) is 0.379. The number of hydrogen-bond donors (Lipinski definition) is 1. The Balaban J connectivity index is 0.00000264. The van der Waals surface area contributed by atoms with Crippen LogP contribution in [0.2, 0.25) is 5.02 Å². The van der Waals surface area contributed by atoms with Crippen molar-refractivity contribution in [2.75, 3.05) is 6.61 Å². The first-order chi connectivity index (χ1) is 10.6. The van der Waals surface area contributed by atoms with E-state index in [2.05, 4.69) is 19.1 Å². The average Bonchev–Trinajstić information content (AvgIpc) is 2.77. The molecule has 0 bridgehead atoms. The van der Waals surface area contributed by atoms with Crippen LogP contribution >= 0.6 is 23.2 Å². The summed E-state index contributed by atoms with van der Waals surface area (Å²) in [7, 11) is 0. The van der Waals surface area contributed by atoms with Gasteiger partial charge in [0.2, 0.25) is 0 Å². The van der Waals surface area contributed by atoms with Crippen LogP contribution in [0.5, 0.6) is 5.75 Å². The van der Waals surface area contributed by atoms with Crippen molar-refractivity contribution in [3.63, 3.8) is 0 Å². The Labute approximate surface area is 174 Å². The van der Waals surface area contributed by atoms with Gasteiger partial charge in [-0.05, 0) is 30.9 Å². The fraction of sp³-hybridized carbons (Fsp3) is 0.500. The molecular formula is C18H23Cl2O2Y-. The normalized spacial score (nSPS) is 27.1. The van der Waals surface area contributed by atoms with Crippen LogP contribution in [0.25, 0.3) is 0 Å². The number of benzene rings is 1. The van der Waals surface area contributed by atoms with Gasteiger partial charge >= 0.3 is 0 Å². The second-order valence-corrected chi connectivity index (χ2v) is 6.71. The average molecular weight is 431 g/mol. The van der Waals surface area contributed by atoms with Crippen molar-refractivity contribution in [2.45, 2.75) is 37.2 Å². The van der Waals surface area contributed by atoms with Crippen LogP contribution in [-0.4, -0.2) is 23.2 Å². The van der Waals surface area contributed by atoms with E-state index < -0.39 is 6.10 Å². The minimum absolute atomic E-state index is 0. The van der Waals surface area contributed by atoms with Gasteiger partial charge in [-0.25, -0.2) is 0 Å². The number of rotatable bonds is 7. The Morgan fingerprint density at radius 1 is 1.26 bits per heavy atom. The van der Waals surface area contributed by atoms with E-state index in [0.29, 0.717) is 23.8 Å². The number of unbranched alkanes of at least 4 members (excludes halogenated alkanes) is 1. The first-order valence-electron chi connectivity index (χ1n) is 7.77. The molecule has 1 aromatic carbocycles. The zero-order valence-electron chi connectivity index (χ0n) is 13.2. The molecule has 1 saturated carbocycles. The van der Waals surface area contributed by atoms with Crippen molar-refractivity contribution in [1.29, 1.82) is 0 Å². The van der Waals surface area contributed by atoms with Crippen molar-refractivity contribution >= 4 is 23.2 Å². The number of aliphatic hydroxyl groups is 1. The van der Waals surface area contributed by atoms with Crippen molar-refractivity contribution in [3.05, 3.63) is 48.4 Å². The molecular weight excluding hydrogens is 408 g/mol. The Hall–Kier alpha value is 0.404. The largest absolute Gasteiger partial charge is 0.492 e. The van der Waals surface area contributed by atoms with Crippen LogP contribution in [0, 0.1) is 18.8 Å². The fourth-order valence-electron chi connectivity index (χ4n) is 2.93. The van der Waals surface area contributed by atoms with Gasteiger partial charge < -0.3 is 16.8 Å². The van der Waals surface area contributed by atoms with Gasteiger partial charge in [-0.1, -0.05) is 42.3 Å². The van der Waals surface area contributed by atoms with Gasteiger partial charge in [0.05, 0.1) is 17.7 Å². The Morgan fingerprint density at radius 3 is 2.70 bits per heavy atom. The molecule has 0 heterocycles. The predicted octanol–water partition coefficient (Wildman–Crippen LogP) is 4.88. The third kappa shape index (κ3) is 6.32. The standard InChI is InChI=1S/C18H23Cl2O2.Y/c1-2-3-4-5-8-13-14(17(21)11-16(13)20)12-22-18-10-7-6-9-15(18)19;/h4-7,9-10,13-14,16-17,21H,1-3,8,11-12H2;/q-1;/b5-4-;/t13-,14-,16-,17-;/m1./s1. The first kappa shape index (κ1) is 21.4. The van der Waals surface area contributed by atoms with Crippen LogP contribution in [0.3, 0.4) is 0 Å². The number of alkyl halides is 1. The Kier molecular flexibility index (Phi) is 10.4. The zero-order valence-corrected chi connectivity index (χ0v) is 17.6. The van der Waals surface area contributed by atoms with E-state index in [4.69, 9.17) is 27.9 Å². The van der Waals surface area contributed by atoms with Crippen LogP contribution in [0.15, 0.2) is 36.4 Å². The summed E-state index contributed by atoms with van der Waals surface area (Å²) in [5, 5.41) is 10.8. The zero-order chi connectivity index (χ0) is 15.9. The number of hydrogen-bond acceptors (Lipinski definition) is 2. The molecule has 1 aliphatic carbocycles. The summed E-state index contributed by atoms with van der Waals surface area (Å²) in [5.74, 6) is 0.907. The molecule has 0 aromatic heterocycles. The third-order valence-electron chi connectivity index (χ3n) is 4.19. The number of halogens is 2. The van der Waals surface area contributed by atoms with E-state index in [1.165, 1.54) is 0 Å². The molecule has 0 amide bonds. The molecule has 0 saturated heterocycles. The van der Waals surface area contributed by atoms with Gasteiger partial charge in [0.25, 0.3) is 0 Å². The minimum atomic E-state index is -0.420. The van der Waals surface area contributed by atoms with Crippen molar-refractivity contribution in [2.24, 2.45) is 11.8 Å². The SMILES string of the molecule is [CH2-]CC/C=C\C[C@@H]1[C@@H](COc2ccccc2Cl)[C@H](O)C[C@H]1Cl.[Y]. The molecule has 0 aliphatic heterocycles. The molecule has 5 heteroatoms. The molecule has 2 rings (SSSR count). The minimum Gasteiger partial charge on any atom is -0.492 e. The van der Waals surface area contributed by atoms with Gasteiger partial charge in [-0.15, -0.1) is 11.6 Å². The second-order valence-electron chi connectivity index (χ2n) is 5.74. The van der Waals surface area contributed by atoms with E-state index in [1.54, 1.807) is 6.07 Å². The maximum absolute atomic E-state index is 10.2. The van der Waals surface area contributed by atoms with Crippen LogP contribution in [0.4, 0.5) is 0 Å². The summed E-state index contributed by atoms with van der Waals surface area (Å²) in [5.41, 5.74) is 0. The molecule has 2 nitrogen and oxygen atoms in total. The van der Waals surface area contributed by atoms with Crippen LogP contribution in [0.1, 0.15) is 25.7 Å². The molecule has 1 N–H and O–H groups in total. The maximum atomic E-state index is 10.2. The molecule has 0 spiro atoms. The first-order valence-corrected chi connectivity index (χ1v) is 8.58. The number of aliphatic hydroxyl groups excluding tert-OH is 1. The van der Waals surface area contributed by atoms with Gasteiger partial charge in [-0.2, -0.15) is 6.42 Å². The van der Waals surface area contributed by atoms with Crippen molar-refractivity contribution in [3.8, 4) is 5.75 Å². The number of ether oxygens (including phenoxy) is 1. The van der Waals surface area contributed by atoms with E-state index in [1.807, 2.05) is 18.2 Å². The van der Waals surface area contributed by atoms with Gasteiger partial charge in [0.15, 0.2) is 0 Å². The molecule has 1 aliphatic rings. The summed E-state index contributed by atoms with van der Waals surface area (Å²) in [6.07, 6.45) is 7.21. The number of para-hydroxylation sites is 1. The predicted molar refractivity (Wildman–Crippen MR) is 92.5 cm³/mol. The van der Waals surface area contributed by atoms with Gasteiger partial charge in [0.1, 0.15) is 5.75 Å². The van der Waals surface area contributed by atoms with E-state index >= 15 is 0 Å². The molecule has 1 radical (unpaired) electrons. The molecule has 23 heavy (non-hydrogen) atoms. The van der Waals surface area contributed by atoms with E-state index in [9.17, 15) is 5.11 Å². The second kappa shape index (κ2) is 11.1. The monoisotopic (exact) mass is 430 g/mol. The van der Waals surface area contributed by atoms with E-state index in [0.717, 1.165) is 19.3 Å². The fourth-order valence-corrected chi connectivity index (χ4v) is 3.59. The molecule has 4 atom stereocenters. The maximum Gasteiger partial charge on any atom is 0.137 e. The summed E-state index contributed by atoms with van der Waals surface area (Å²) in [6, 6.07) is 7.39. The molecule has 1 aromatic rings. The van der Waals surface area contributed by atoms with Crippen molar-refractivity contribution < 1.29 is 42.6 Å². The van der Waals surface area contributed by atoms with Crippen LogP contribution in [-0.2, 0) is 32.7 Å². The summed E-state index contributed by atoms with van der Waals surface area (Å²) in [4.78, 5) is 0.